The molecule has 2 heterocycles. The first-order valence-corrected chi connectivity index (χ1v) is 8.85. The van der Waals surface area contributed by atoms with Crippen LogP contribution in [0.4, 0.5) is 0 Å². The molecule has 1 aromatic heterocycles. The molecule has 1 aliphatic heterocycles. The molecule has 1 N–H and O–H groups in total. The summed E-state index contributed by atoms with van der Waals surface area (Å²) in [6, 6.07) is 7.95. The molecule has 2 aromatic rings. The van der Waals surface area contributed by atoms with Gasteiger partial charge in [-0.1, -0.05) is 28.9 Å². The van der Waals surface area contributed by atoms with Crippen LogP contribution in [0.1, 0.15) is 17.8 Å². The molecule has 0 radical (unpaired) electrons. The van der Waals surface area contributed by atoms with E-state index in [4.69, 9.17) is 16.1 Å². The number of rotatable bonds is 4. The van der Waals surface area contributed by atoms with Gasteiger partial charge in [0.25, 0.3) is 0 Å². The van der Waals surface area contributed by atoms with E-state index in [-0.39, 0.29) is 6.04 Å². The highest BCUT2D eigenvalue weighted by atomic mass is 35.5. The quantitative estimate of drug-likeness (QED) is 0.869. The van der Waals surface area contributed by atoms with Crippen molar-refractivity contribution in [2.24, 2.45) is 0 Å². The van der Waals surface area contributed by atoms with Gasteiger partial charge in [0.15, 0.2) is 5.82 Å². The summed E-state index contributed by atoms with van der Waals surface area (Å²) >= 11 is 9.64. The van der Waals surface area contributed by atoms with E-state index in [9.17, 15) is 0 Å². The minimum absolute atomic E-state index is 0.181. The van der Waals surface area contributed by atoms with Gasteiger partial charge >= 0.3 is 0 Å². The Bertz CT molecular complexity index is 572. The van der Waals surface area contributed by atoms with E-state index in [1.165, 1.54) is 0 Å². The zero-order valence-corrected chi connectivity index (χ0v) is 13.1. The van der Waals surface area contributed by atoms with Gasteiger partial charge in [0.2, 0.25) is 5.89 Å². The number of hydrogen-bond donors (Lipinski definition) is 1. The van der Waals surface area contributed by atoms with Crippen molar-refractivity contribution in [2.75, 3.05) is 18.1 Å². The Morgan fingerprint density at radius 2 is 2.35 bits per heavy atom. The number of halogens is 1. The molecule has 3 rings (SSSR count). The van der Waals surface area contributed by atoms with E-state index >= 15 is 0 Å². The van der Waals surface area contributed by atoms with Crippen molar-refractivity contribution in [1.82, 2.24) is 15.5 Å². The Hall–Kier alpha value is -0.690. The molecule has 0 saturated carbocycles. The van der Waals surface area contributed by atoms with Crippen molar-refractivity contribution in [3.8, 4) is 0 Å². The third-order valence-electron chi connectivity index (χ3n) is 2.90. The van der Waals surface area contributed by atoms with E-state index in [1.807, 2.05) is 36.0 Å². The molecule has 1 unspecified atom stereocenters. The monoisotopic (exact) mass is 327 g/mol. The first kappa shape index (κ1) is 14.3. The molecule has 0 bridgehead atoms. The predicted molar refractivity (Wildman–Crippen MR) is 83.4 cm³/mol. The van der Waals surface area contributed by atoms with Gasteiger partial charge < -0.3 is 9.84 Å². The fourth-order valence-electron chi connectivity index (χ4n) is 1.90. The third kappa shape index (κ3) is 3.49. The van der Waals surface area contributed by atoms with Crippen molar-refractivity contribution in [3.63, 3.8) is 0 Å². The third-order valence-corrected chi connectivity index (χ3v) is 5.47. The van der Waals surface area contributed by atoms with Crippen LogP contribution in [0.2, 0.25) is 5.02 Å². The summed E-state index contributed by atoms with van der Waals surface area (Å²) in [5, 5.41) is 8.18. The second-order valence-electron chi connectivity index (χ2n) is 4.35. The molecule has 7 heteroatoms. The summed E-state index contributed by atoms with van der Waals surface area (Å²) in [6.45, 7) is 0.988. The smallest absolute Gasteiger partial charge is 0.244 e. The Balaban J connectivity index is 1.61. The molecule has 1 aromatic carbocycles. The number of hydrogen-bond acceptors (Lipinski definition) is 6. The van der Waals surface area contributed by atoms with Gasteiger partial charge in [-0.25, -0.2) is 0 Å². The molecule has 0 amide bonds. The SMILES string of the molecule is Clc1ccccc1SCc1noc(C2CSCCN2)n1. The van der Waals surface area contributed by atoms with Crippen LogP contribution < -0.4 is 5.32 Å². The van der Waals surface area contributed by atoms with Crippen LogP contribution in [-0.2, 0) is 5.75 Å². The summed E-state index contributed by atoms with van der Waals surface area (Å²) in [5.41, 5.74) is 0. The summed E-state index contributed by atoms with van der Waals surface area (Å²) < 4.78 is 5.34. The average molecular weight is 328 g/mol. The van der Waals surface area contributed by atoms with E-state index < -0.39 is 0 Å². The standard InChI is InChI=1S/C13H14ClN3OS2/c14-9-3-1-2-4-11(9)20-8-12-16-13(18-17-12)10-7-19-6-5-15-10/h1-4,10,15H,5-8H2. The molecule has 4 nitrogen and oxygen atoms in total. The van der Waals surface area contributed by atoms with Gasteiger partial charge in [0, 0.05) is 22.9 Å². The van der Waals surface area contributed by atoms with Crippen molar-refractivity contribution in [3.05, 3.63) is 41.0 Å². The van der Waals surface area contributed by atoms with E-state index in [1.54, 1.807) is 11.8 Å². The fourth-order valence-corrected chi connectivity index (χ4v) is 3.90. The molecule has 0 aliphatic carbocycles. The minimum Gasteiger partial charge on any atom is -0.338 e. The van der Waals surface area contributed by atoms with Gasteiger partial charge in [-0.15, -0.1) is 11.8 Å². The van der Waals surface area contributed by atoms with E-state index in [2.05, 4.69) is 15.5 Å². The van der Waals surface area contributed by atoms with Crippen molar-refractivity contribution >= 4 is 35.1 Å². The highest BCUT2D eigenvalue weighted by molar-refractivity contribution is 7.99. The molecule has 106 valence electrons. The maximum Gasteiger partial charge on any atom is 0.244 e. The lowest BCUT2D eigenvalue weighted by atomic mass is 10.3. The predicted octanol–water partition coefficient (Wildman–Crippen LogP) is 3.39. The molecule has 20 heavy (non-hydrogen) atoms. The topological polar surface area (TPSA) is 51.0 Å². The lowest BCUT2D eigenvalue weighted by Gasteiger charge is -2.19. The molecule has 0 spiro atoms. The number of thioether (sulfide) groups is 2. The summed E-state index contributed by atoms with van der Waals surface area (Å²) in [6.07, 6.45) is 0. The molecule has 1 saturated heterocycles. The van der Waals surface area contributed by atoms with Crippen molar-refractivity contribution in [1.29, 1.82) is 0 Å². The molecule has 1 aliphatic rings. The van der Waals surface area contributed by atoms with E-state index in [0.717, 1.165) is 28.0 Å². The molecule has 1 atom stereocenters. The van der Waals surface area contributed by atoms with Gasteiger partial charge in [-0.05, 0) is 12.1 Å². The Kier molecular flexibility index (Phi) is 4.88. The first-order valence-electron chi connectivity index (χ1n) is 6.34. The van der Waals surface area contributed by atoms with Gasteiger partial charge in [0.1, 0.15) is 0 Å². The normalized spacial score (nSPS) is 19.1. The van der Waals surface area contributed by atoms with Crippen molar-refractivity contribution < 1.29 is 4.52 Å². The maximum absolute atomic E-state index is 6.12. The van der Waals surface area contributed by atoms with Gasteiger partial charge in [0.05, 0.1) is 16.8 Å². The Morgan fingerprint density at radius 1 is 1.45 bits per heavy atom. The zero-order chi connectivity index (χ0) is 13.8. The minimum atomic E-state index is 0.181. The summed E-state index contributed by atoms with van der Waals surface area (Å²) in [7, 11) is 0. The summed E-state index contributed by atoms with van der Waals surface area (Å²) in [5.74, 6) is 4.18. The second-order valence-corrected chi connectivity index (χ2v) is 6.92. The van der Waals surface area contributed by atoms with Crippen LogP contribution >= 0.6 is 35.1 Å². The number of nitrogens with one attached hydrogen (secondary N) is 1. The van der Waals surface area contributed by atoms with Crippen LogP contribution in [0.15, 0.2) is 33.7 Å². The number of aromatic nitrogens is 2. The zero-order valence-electron chi connectivity index (χ0n) is 10.7. The highest BCUT2D eigenvalue weighted by Crippen LogP contribution is 2.29. The maximum atomic E-state index is 6.12. The summed E-state index contributed by atoms with van der Waals surface area (Å²) in [4.78, 5) is 5.50. The molecule has 1 fully saturated rings. The van der Waals surface area contributed by atoms with E-state index in [0.29, 0.717) is 17.5 Å². The van der Waals surface area contributed by atoms with Crippen LogP contribution in [-0.4, -0.2) is 28.2 Å². The fraction of sp³-hybridized carbons (Fsp3) is 0.385. The molecular formula is C13H14ClN3OS2. The van der Waals surface area contributed by atoms with Gasteiger partial charge in [-0.3, -0.25) is 0 Å². The van der Waals surface area contributed by atoms with Crippen LogP contribution in [0.25, 0.3) is 0 Å². The highest BCUT2D eigenvalue weighted by Gasteiger charge is 2.21. The lowest BCUT2D eigenvalue weighted by Crippen LogP contribution is -2.30. The number of benzene rings is 1. The van der Waals surface area contributed by atoms with Crippen LogP contribution in [0, 0.1) is 0 Å². The lowest BCUT2D eigenvalue weighted by molar-refractivity contribution is 0.339. The Morgan fingerprint density at radius 3 is 3.15 bits per heavy atom. The number of nitrogens with zero attached hydrogens (tertiary/aromatic N) is 2. The Labute approximate surface area is 131 Å². The first-order chi connectivity index (χ1) is 9.83. The van der Waals surface area contributed by atoms with Crippen molar-refractivity contribution in [2.45, 2.75) is 16.7 Å². The molecular weight excluding hydrogens is 314 g/mol. The van der Waals surface area contributed by atoms with Crippen LogP contribution in [0.5, 0.6) is 0 Å². The average Bonchev–Trinajstić information content (AvgIpc) is 2.96. The largest absolute Gasteiger partial charge is 0.338 e. The van der Waals surface area contributed by atoms with Crippen LogP contribution in [0.3, 0.4) is 0 Å². The van der Waals surface area contributed by atoms with Gasteiger partial charge in [-0.2, -0.15) is 16.7 Å². The second kappa shape index (κ2) is 6.85.